The molecule has 0 heterocycles. The van der Waals surface area contributed by atoms with Crippen molar-refractivity contribution in [1.29, 1.82) is 0 Å². The molecule has 0 N–H and O–H groups in total. The van der Waals surface area contributed by atoms with Crippen molar-refractivity contribution in [1.82, 2.24) is 0 Å². The van der Waals surface area contributed by atoms with Gasteiger partial charge in [0.1, 0.15) is 0 Å². The molecule has 0 amide bonds. The molecule has 1 aromatic rings. The van der Waals surface area contributed by atoms with Gasteiger partial charge in [-0.15, -0.1) is 0 Å². The summed E-state index contributed by atoms with van der Waals surface area (Å²) in [6, 6.07) is 2.88. The summed E-state index contributed by atoms with van der Waals surface area (Å²) in [5.74, 6) is -0.181. The normalized spacial score (nSPS) is 9.82. The summed E-state index contributed by atoms with van der Waals surface area (Å²) in [6.45, 7) is 1.74. The van der Waals surface area contributed by atoms with E-state index in [1.807, 2.05) is 0 Å². The standard InChI is InChI=1S/C7H5ClFIO/c1-4-2-5(8)3-6(9)7(4)11-10/h2-3H,1H3. The van der Waals surface area contributed by atoms with Gasteiger partial charge in [-0.25, -0.2) is 4.39 Å². The molecule has 0 aliphatic heterocycles. The predicted molar refractivity (Wildman–Crippen MR) is 50.8 cm³/mol. The summed E-state index contributed by atoms with van der Waals surface area (Å²) in [7, 11) is 0. The second kappa shape index (κ2) is 3.58. The van der Waals surface area contributed by atoms with Gasteiger partial charge in [-0.3, -0.25) is 0 Å². The Labute approximate surface area is 83.2 Å². The molecule has 0 spiro atoms. The highest BCUT2D eigenvalue weighted by Gasteiger charge is 2.07. The lowest BCUT2D eigenvalue weighted by Gasteiger charge is -2.03. The summed E-state index contributed by atoms with van der Waals surface area (Å²) in [6.07, 6.45) is 0. The Balaban J connectivity index is 3.25. The SMILES string of the molecule is Cc1cc(Cl)cc(F)c1OI. The molecule has 0 atom stereocenters. The third-order valence-electron chi connectivity index (χ3n) is 1.27. The van der Waals surface area contributed by atoms with Crippen molar-refractivity contribution in [3.05, 3.63) is 28.5 Å². The zero-order valence-corrected chi connectivity index (χ0v) is 8.61. The van der Waals surface area contributed by atoms with E-state index in [0.717, 1.165) is 0 Å². The Morgan fingerprint density at radius 1 is 1.55 bits per heavy atom. The van der Waals surface area contributed by atoms with Crippen LogP contribution in [0, 0.1) is 12.7 Å². The number of hydrogen-bond acceptors (Lipinski definition) is 1. The molecule has 0 unspecified atom stereocenters. The van der Waals surface area contributed by atoms with Crippen molar-refractivity contribution >= 4 is 34.6 Å². The smallest absolute Gasteiger partial charge is 0.192 e. The van der Waals surface area contributed by atoms with E-state index < -0.39 is 5.82 Å². The number of hydrogen-bond donors (Lipinski definition) is 0. The summed E-state index contributed by atoms with van der Waals surface area (Å²) < 4.78 is 17.7. The van der Waals surface area contributed by atoms with Gasteiger partial charge < -0.3 is 3.07 Å². The second-order valence-electron chi connectivity index (χ2n) is 2.11. The average Bonchev–Trinajstić information content (AvgIpc) is 1.85. The van der Waals surface area contributed by atoms with Crippen LogP contribution in [0.25, 0.3) is 0 Å². The maximum Gasteiger partial charge on any atom is 0.192 e. The van der Waals surface area contributed by atoms with Crippen molar-refractivity contribution in [2.75, 3.05) is 0 Å². The first kappa shape index (κ1) is 9.06. The molecule has 60 valence electrons. The van der Waals surface area contributed by atoms with Crippen molar-refractivity contribution in [2.45, 2.75) is 6.92 Å². The highest BCUT2D eigenvalue weighted by molar-refractivity contribution is 14.1. The van der Waals surface area contributed by atoms with Gasteiger partial charge in [-0.05, 0) is 24.6 Å². The van der Waals surface area contributed by atoms with Crippen LogP contribution in [0.1, 0.15) is 5.56 Å². The van der Waals surface area contributed by atoms with Gasteiger partial charge in [-0.2, -0.15) is 0 Å². The van der Waals surface area contributed by atoms with Crippen LogP contribution in [0.3, 0.4) is 0 Å². The number of aryl methyl sites for hydroxylation is 1. The molecule has 0 fully saturated rings. The second-order valence-corrected chi connectivity index (χ2v) is 2.99. The first-order valence-electron chi connectivity index (χ1n) is 2.89. The zero-order valence-electron chi connectivity index (χ0n) is 5.70. The largest absolute Gasteiger partial charge is 0.424 e. The van der Waals surface area contributed by atoms with Gasteiger partial charge in [-0.1, -0.05) is 11.6 Å². The van der Waals surface area contributed by atoms with E-state index in [2.05, 4.69) is 0 Å². The Kier molecular flexibility index (Phi) is 2.95. The van der Waals surface area contributed by atoms with E-state index in [9.17, 15) is 4.39 Å². The fourth-order valence-corrected chi connectivity index (χ4v) is 1.60. The van der Waals surface area contributed by atoms with Gasteiger partial charge >= 0.3 is 0 Å². The number of benzene rings is 1. The van der Waals surface area contributed by atoms with Crippen LogP contribution in [-0.4, -0.2) is 0 Å². The van der Waals surface area contributed by atoms with Crippen LogP contribution < -0.4 is 3.07 Å². The van der Waals surface area contributed by atoms with Crippen LogP contribution in [0.5, 0.6) is 5.75 Å². The van der Waals surface area contributed by atoms with Gasteiger partial charge in [0.05, 0.1) is 0 Å². The fourth-order valence-electron chi connectivity index (χ4n) is 0.787. The average molecular weight is 286 g/mol. The van der Waals surface area contributed by atoms with Crippen molar-refractivity contribution in [3.63, 3.8) is 0 Å². The highest BCUT2D eigenvalue weighted by Crippen LogP contribution is 2.27. The summed E-state index contributed by atoms with van der Waals surface area (Å²) in [5, 5.41) is 0.386. The number of rotatable bonds is 1. The van der Waals surface area contributed by atoms with Crippen LogP contribution in [0.2, 0.25) is 5.02 Å². The summed E-state index contributed by atoms with van der Waals surface area (Å²) in [5.41, 5.74) is 0.699. The Hall–Kier alpha value is -0.0300. The lowest BCUT2D eigenvalue weighted by Crippen LogP contribution is -1.86. The molecule has 1 rings (SSSR count). The molecule has 0 aromatic heterocycles. The minimum absolute atomic E-state index is 0.245. The highest BCUT2D eigenvalue weighted by atomic mass is 127. The maximum absolute atomic E-state index is 12.9. The summed E-state index contributed by atoms with van der Waals surface area (Å²) in [4.78, 5) is 0. The maximum atomic E-state index is 12.9. The van der Waals surface area contributed by atoms with E-state index in [1.54, 1.807) is 36.0 Å². The molecule has 1 aromatic carbocycles. The van der Waals surface area contributed by atoms with Crippen LogP contribution in [-0.2, 0) is 0 Å². The van der Waals surface area contributed by atoms with Crippen LogP contribution in [0.15, 0.2) is 12.1 Å². The van der Waals surface area contributed by atoms with E-state index in [-0.39, 0.29) is 5.75 Å². The topological polar surface area (TPSA) is 9.23 Å². The third kappa shape index (κ3) is 1.96. The van der Waals surface area contributed by atoms with E-state index in [0.29, 0.717) is 10.6 Å². The van der Waals surface area contributed by atoms with E-state index in [4.69, 9.17) is 14.7 Å². The molecule has 0 radical (unpaired) electrons. The molecule has 0 aliphatic carbocycles. The molecule has 4 heteroatoms. The Bertz CT molecular complexity index is 254. The minimum atomic E-state index is -0.426. The zero-order chi connectivity index (χ0) is 8.43. The van der Waals surface area contributed by atoms with Gasteiger partial charge in [0.2, 0.25) is 0 Å². The quantitative estimate of drug-likeness (QED) is 0.718. The fraction of sp³-hybridized carbons (Fsp3) is 0.143. The molecule has 1 nitrogen and oxygen atoms in total. The van der Waals surface area contributed by atoms with Gasteiger partial charge in [0, 0.05) is 5.02 Å². The Morgan fingerprint density at radius 3 is 2.64 bits per heavy atom. The monoisotopic (exact) mass is 286 g/mol. The van der Waals surface area contributed by atoms with Crippen molar-refractivity contribution in [3.8, 4) is 5.75 Å². The molecule has 0 saturated heterocycles. The molecule has 0 bridgehead atoms. The lowest BCUT2D eigenvalue weighted by molar-refractivity contribution is 0.563. The molecule has 0 aliphatic rings. The molecular weight excluding hydrogens is 281 g/mol. The van der Waals surface area contributed by atoms with E-state index in [1.165, 1.54) is 6.07 Å². The van der Waals surface area contributed by atoms with Crippen molar-refractivity contribution < 1.29 is 7.46 Å². The lowest BCUT2D eigenvalue weighted by atomic mass is 10.2. The third-order valence-corrected chi connectivity index (χ3v) is 1.93. The van der Waals surface area contributed by atoms with Crippen LogP contribution in [0.4, 0.5) is 4.39 Å². The van der Waals surface area contributed by atoms with Gasteiger partial charge in [0.15, 0.2) is 34.6 Å². The molecule has 11 heavy (non-hydrogen) atoms. The van der Waals surface area contributed by atoms with Gasteiger partial charge in [0.25, 0.3) is 0 Å². The predicted octanol–water partition coefficient (Wildman–Crippen LogP) is 3.52. The molecule has 0 saturated carbocycles. The summed E-state index contributed by atoms with van der Waals surface area (Å²) >= 11 is 7.21. The van der Waals surface area contributed by atoms with Crippen LogP contribution >= 0.6 is 34.6 Å². The van der Waals surface area contributed by atoms with E-state index >= 15 is 0 Å². The van der Waals surface area contributed by atoms with Crippen molar-refractivity contribution in [2.24, 2.45) is 0 Å². The number of halogens is 3. The Morgan fingerprint density at radius 2 is 2.18 bits per heavy atom. The minimum Gasteiger partial charge on any atom is -0.424 e. The first-order valence-corrected chi connectivity index (χ1v) is 4.15. The molecular formula is C7H5ClFIO. The first-order chi connectivity index (χ1) is 5.15.